The molecule has 0 aromatic heterocycles. The molecule has 0 aromatic rings. The van der Waals surface area contributed by atoms with Crippen LogP contribution in [0.1, 0.15) is 12.8 Å². The van der Waals surface area contributed by atoms with Gasteiger partial charge in [-0.2, -0.15) is 0 Å². The Bertz CT molecular complexity index is 52.0. The molecular weight excluding hydrogens is 147 g/mol. The Balaban J connectivity index is 0. The van der Waals surface area contributed by atoms with Crippen molar-refractivity contribution in [1.29, 1.82) is 0 Å². The summed E-state index contributed by atoms with van der Waals surface area (Å²) in [6, 6.07) is 0.620. The summed E-state index contributed by atoms with van der Waals surface area (Å²) in [5, 5.41) is 0. The van der Waals surface area contributed by atoms with Crippen LogP contribution in [0.2, 0.25) is 0 Å². The van der Waals surface area contributed by atoms with Gasteiger partial charge in [-0.05, 0) is 12.8 Å². The highest BCUT2D eigenvalue weighted by molar-refractivity contribution is 5.85. The van der Waals surface area contributed by atoms with E-state index in [4.69, 9.17) is 11.5 Å². The Labute approximate surface area is 61.8 Å². The molecule has 0 radical (unpaired) electrons. The fourth-order valence-electron chi connectivity index (χ4n) is 0.552. The second-order valence-corrected chi connectivity index (χ2v) is 1.91. The summed E-state index contributed by atoms with van der Waals surface area (Å²) in [5.74, 6) is 0. The van der Waals surface area contributed by atoms with Gasteiger partial charge in [0.25, 0.3) is 0 Å². The van der Waals surface area contributed by atoms with Crippen molar-refractivity contribution in [3.8, 4) is 0 Å². The summed E-state index contributed by atoms with van der Waals surface area (Å²) < 4.78 is 0. The maximum absolute atomic E-state index is 5.40. The van der Waals surface area contributed by atoms with Gasteiger partial charge in [0.15, 0.2) is 0 Å². The lowest BCUT2D eigenvalue weighted by molar-refractivity contribution is 0.347. The monoisotopic (exact) mass is 158 g/mol. The van der Waals surface area contributed by atoms with E-state index in [-0.39, 0.29) is 24.8 Å². The summed E-state index contributed by atoms with van der Waals surface area (Å²) in [6.07, 6.45) is 2.25. The average molecular weight is 159 g/mol. The lowest BCUT2D eigenvalue weighted by Gasteiger charge is -2.29. The van der Waals surface area contributed by atoms with Crippen molar-refractivity contribution in [2.24, 2.45) is 11.5 Å². The lowest BCUT2D eigenvalue weighted by Crippen LogP contribution is -2.49. The van der Waals surface area contributed by atoms with Crippen LogP contribution in [0.4, 0.5) is 0 Å². The standard InChI is InChI=1S/C4H10N2.2ClH/c5-3-1-2-4(3)6;;/h3-4H,1-2,5-6H2;2*1H/t3-,4+;;. The van der Waals surface area contributed by atoms with Gasteiger partial charge in [0, 0.05) is 12.1 Å². The molecule has 0 unspecified atom stereocenters. The van der Waals surface area contributed by atoms with Crippen molar-refractivity contribution >= 4 is 24.8 Å². The Morgan fingerprint density at radius 3 is 1.12 bits per heavy atom. The molecular formula is C4H12Cl2N2. The third kappa shape index (κ3) is 2.18. The van der Waals surface area contributed by atoms with Crippen molar-refractivity contribution in [2.75, 3.05) is 0 Å². The SMILES string of the molecule is Cl.Cl.N[C@@H]1CC[C@@H]1N. The number of hydrogen-bond donors (Lipinski definition) is 2. The zero-order valence-corrected chi connectivity index (χ0v) is 6.17. The first-order chi connectivity index (χ1) is 2.80. The second-order valence-electron chi connectivity index (χ2n) is 1.91. The molecule has 0 aliphatic heterocycles. The van der Waals surface area contributed by atoms with E-state index in [1.54, 1.807) is 0 Å². The molecule has 1 aliphatic carbocycles. The van der Waals surface area contributed by atoms with Gasteiger partial charge in [0.2, 0.25) is 0 Å². The molecule has 0 amide bonds. The molecule has 1 fully saturated rings. The summed E-state index contributed by atoms with van der Waals surface area (Å²) >= 11 is 0. The smallest absolute Gasteiger partial charge is 0.0192 e. The summed E-state index contributed by atoms with van der Waals surface area (Å²) in [7, 11) is 0. The fraction of sp³-hybridized carbons (Fsp3) is 1.00. The van der Waals surface area contributed by atoms with Gasteiger partial charge in [-0.15, -0.1) is 24.8 Å². The highest BCUT2D eigenvalue weighted by atomic mass is 35.5. The molecule has 52 valence electrons. The highest BCUT2D eigenvalue weighted by Crippen LogP contribution is 2.13. The molecule has 0 bridgehead atoms. The van der Waals surface area contributed by atoms with E-state index < -0.39 is 0 Å². The Morgan fingerprint density at radius 2 is 1.12 bits per heavy atom. The molecule has 4 heteroatoms. The van der Waals surface area contributed by atoms with Crippen LogP contribution in [0.5, 0.6) is 0 Å². The summed E-state index contributed by atoms with van der Waals surface area (Å²) in [6.45, 7) is 0. The van der Waals surface area contributed by atoms with Gasteiger partial charge in [-0.25, -0.2) is 0 Å². The maximum atomic E-state index is 5.40. The van der Waals surface area contributed by atoms with E-state index in [1.165, 1.54) is 0 Å². The Kier molecular flexibility index (Phi) is 6.20. The first kappa shape index (κ1) is 11.3. The Hall–Kier alpha value is 0.500. The van der Waals surface area contributed by atoms with E-state index in [9.17, 15) is 0 Å². The van der Waals surface area contributed by atoms with Gasteiger partial charge < -0.3 is 11.5 Å². The molecule has 0 aromatic carbocycles. The van der Waals surface area contributed by atoms with Crippen molar-refractivity contribution in [1.82, 2.24) is 0 Å². The van der Waals surface area contributed by atoms with Crippen molar-refractivity contribution in [3.63, 3.8) is 0 Å². The van der Waals surface area contributed by atoms with E-state index in [1.807, 2.05) is 0 Å². The van der Waals surface area contributed by atoms with Crippen LogP contribution in [0.15, 0.2) is 0 Å². The maximum Gasteiger partial charge on any atom is 0.0192 e. The van der Waals surface area contributed by atoms with Crippen LogP contribution in [0.25, 0.3) is 0 Å². The number of hydrogen-bond acceptors (Lipinski definition) is 2. The highest BCUT2D eigenvalue weighted by Gasteiger charge is 2.22. The normalized spacial score (nSPS) is 33.8. The van der Waals surface area contributed by atoms with E-state index in [0.29, 0.717) is 12.1 Å². The zero-order chi connectivity index (χ0) is 4.57. The van der Waals surface area contributed by atoms with E-state index in [0.717, 1.165) is 12.8 Å². The van der Waals surface area contributed by atoms with Crippen LogP contribution in [-0.4, -0.2) is 12.1 Å². The average Bonchev–Trinajstić information content (AvgIpc) is 1.61. The number of nitrogens with two attached hydrogens (primary N) is 2. The van der Waals surface area contributed by atoms with Gasteiger partial charge in [0.05, 0.1) is 0 Å². The second kappa shape index (κ2) is 4.39. The molecule has 4 N–H and O–H groups in total. The van der Waals surface area contributed by atoms with Crippen molar-refractivity contribution in [2.45, 2.75) is 24.9 Å². The predicted octanol–water partition coefficient (Wildman–Crippen LogP) is 0.278. The molecule has 0 saturated heterocycles. The molecule has 0 heterocycles. The van der Waals surface area contributed by atoms with Crippen LogP contribution in [0, 0.1) is 0 Å². The van der Waals surface area contributed by atoms with Gasteiger partial charge in [-0.3, -0.25) is 0 Å². The van der Waals surface area contributed by atoms with Crippen LogP contribution < -0.4 is 11.5 Å². The van der Waals surface area contributed by atoms with Crippen molar-refractivity contribution < 1.29 is 0 Å². The van der Waals surface area contributed by atoms with E-state index in [2.05, 4.69) is 0 Å². The molecule has 2 nitrogen and oxygen atoms in total. The van der Waals surface area contributed by atoms with Crippen LogP contribution in [0.3, 0.4) is 0 Å². The molecule has 1 rings (SSSR count). The van der Waals surface area contributed by atoms with E-state index >= 15 is 0 Å². The molecule has 8 heavy (non-hydrogen) atoms. The lowest BCUT2D eigenvalue weighted by atomic mass is 9.88. The quantitative estimate of drug-likeness (QED) is 0.533. The van der Waals surface area contributed by atoms with Gasteiger partial charge >= 0.3 is 0 Å². The number of halogens is 2. The molecule has 2 atom stereocenters. The third-order valence-corrected chi connectivity index (χ3v) is 1.38. The van der Waals surface area contributed by atoms with Crippen LogP contribution in [-0.2, 0) is 0 Å². The first-order valence-electron chi connectivity index (χ1n) is 2.32. The summed E-state index contributed by atoms with van der Waals surface area (Å²) in [5.41, 5.74) is 10.8. The minimum Gasteiger partial charge on any atom is -0.326 e. The number of rotatable bonds is 0. The minimum absolute atomic E-state index is 0. The fourth-order valence-corrected chi connectivity index (χ4v) is 0.552. The molecule has 0 spiro atoms. The van der Waals surface area contributed by atoms with Crippen LogP contribution >= 0.6 is 24.8 Å². The Morgan fingerprint density at radius 1 is 0.875 bits per heavy atom. The molecule has 1 aliphatic rings. The topological polar surface area (TPSA) is 52.0 Å². The largest absolute Gasteiger partial charge is 0.326 e. The van der Waals surface area contributed by atoms with Gasteiger partial charge in [-0.1, -0.05) is 0 Å². The molecule has 1 saturated carbocycles. The zero-order valence-electron chi connectivity index (χ0n) is 4.54. The minimum atomic E-state index is 0. The van der Waals surface area contributed by atoms with Gasteiger partial charge in [0.1, 0.15) is 0 Å². The van der Waals surface area contributed by atoms with Crippen molar-refractivity contribution in [3.05, 3.63) is 0 Å². The third-order valence-electron chi connectivity index (χ3n) is 1.38. The first-order valence-corrected chi connectivity index (χ1v) is 2.32. The predicted molar refractivity (Wildman–Crippen MR) is 39.7 cm³/mol. The summed E-state index contributed by atoms with van der Waals surface area (Å²) in [4.78, 5) is 0.